The fraction of sp³-hybridized carbons (Fsp3) is 0.200. The smallest absolute Gasteiger partial charge is 0.349 e. The first-order chi connectivity index (χ1) is 11.9. The van der Waals surface area contributed by atoms with E-state index in [0.29, 0.717) is 11.1 Å². The maximum atomic E-state index is 12.0. The first kappa shape index (κ1) is 17.9. The van der Waals surface area contributed by atoms with Gasteiger partial charge in [0, 0.05) is 11.5 Å². The standard InChI is InChI=1S/C15H14N2O8/c1-23-9-3-2-8-4-10(15(22)25-11(8)5-9)14(21)16-6-12(18)17-24-7-13(19)20/h2-5H,6-7H2,1H3,(H,16,21)(H,17,18)(H,19,20). The van der Waals surface area contributed by atoms with Crippen LogP contribution in [0.5, 0.6) is 5.75 Å². The highest BCUT2D eigenvalue weighted by atomic mass is 16.7. The Kier molecular flexibility index (Phi) is 5.69. The zero-order valence-corrected chi connectivity index (χ0v) is 13.0. The minimum atomic E-state index is -1.27. The van der Waals surface area contributed by atoms with Crippen LogP contribution in [0.15, 0.2) is 33.5 Å². The average molecular weight is 350 g/mol. The number of carboxylic acid groups (broad SMARTS) is 1. The molecule has 2 rings (SSSR count). The normalized spacial score (nSPS) is 10.3. The van der Waals surface area contributed by atoms with Gasteiger partial charge in [-0.1, -0.05) is 0 Å². The maximum Gasteiger partial charge on any atom is 0.349 e. The zero-order chi connectivity index (χ0) is 18.4. The van der Waals surface area contributed by atoms with E-state index < -0.39 is 36.6 Å². The van der Waals surface area contributed by atoms with Gasteiger partial charge in [0.2, 0.25) is 0 Å². The highest BCUT2D eigenvalue weighted by Gasteiger charge is 2.15. The van der Waals surface area contributed by atoms with Crippen molar-refractivity contribution >= 4 is 28.8 Å². The minimum Gasteiger partial charge on any atom is -0.497 e. The molecule has 25 heavy (non-hydrogen) atoms. The summed E-state index contributed by atoms with van der Waals surface area (Å²) in [4.78, 5) is 49.9. The number of hydrogen-bond acceptors (Lipinski definition) is 7. The Morgan fingerprint density at radius 3 is 2.68 bits per heavy atom. The Morgan fingerprint density at radius 2 is 2.00 bits per heavy atom. The Balaban J connectivity index is 2.04. The van der Waals surface area contributed by atoms with E-state index in [2.05, 4.69) is 10.2 Å². The molecule has 1 aromatic carbocycles. The molecular weight excluding hydrogens is 336 g/mol. The van der Waals surface area contributed by atoms with Crippen LogP contribution in [0.2, 0.25) is 0 Å². The van der Waals surface area contributed by atoms with E-state index in [4.69, 9.17) is 14.3 Å². The summed E-state index contributed by atoms with van der Waals surface area (Å²) in [5.74, 6) is -2.38. The van der Waals surface area contributed by atoms with E-state index in [1.54, 1.807) is 12.1 Å². The number of carboxylic acids is 1. The molecule has 0 bridgehead atoms. The molecule has 0 aliphatic carbocycles. The zero-order valence-electron chi connectivity index (χ0n) is 13.0. The molecule has 0 fully saturated rings. The molecular formula is C15H14N2O8. The lowest BCUT2D eigenvalue weighted by atomic mass is 10.1. The molecule has 0 saturated carbocycles. The highest BCUT2D eigenvalue weighted by Crippen LogP contribution is 2.20. The molecule has 0 spiro atoms. The second-order valence-electron chi connectivity index (χ2n) is 4.74. The average Bonchev–Trinajstić information content (AvgIpc) is 2.58. The molecule has 0 atom stereocenters. The van der Waals surface area contributed by atoms with Crippen molar-refractivity contribution in [1.82, 2.24) is 10.8 Å². The molecule has 1 heterocycles. The number of hydrogen-bond donors (Lipinski definition) is 3. The van der Waals surface area contributed by atoms with Gasteiger partial charge in [0.05, 0.1) is 13.7 Å². The van der Waals surface area contributed by atoms with Crippen LogP contribution in [-0.4, -0.2) is 43.2 Å². The fourth-order valence-corrected chi connectivity index (χ4v) is 1.85. The molecule has 0 unspecified atom stereocenters. The number of carbonyl (C=O) groups is 3. The van der Waals surface area contributed by atoms with Crippen molar-refractivity contribution in [3.05, 3.63) is 40.2 Å². The number of methoxy groups -OCH3 is 1. The van der Waals surface area contributed by atoms with Crippen LogP contribution in [0.4, 0.5) is 0 Å². The van der Waals surface area contributed by atoms with E-state index in [9.17, 15) is 19.2 Å². The summed E-state index contributed by atoms with van der Waals surface area (Å²) in [6.45, 7) is -1.24. The Morgan fingerprint density at radius 1 is 1.24 bits per heavy atom. The lowest BCUT2D eigenvalue weighted by molar-refractivity contribution is -0.148. The number of hydroxylamine groups is 1. The van der Waals surface area contributed by atoms with Crippen molar-refractivity contribution in [2.45, 2.75) is 0 Å². The Hall–Kier alpha value is -3.40. The lowest BCUT2D eigenvalue weighted by Crippen LogP contribution is -2.38. The van der Waals surface area contributed by atoms with Crippen LogP contribution in [0.25, 0.3) is 11.0 Å². The number of ether oxygens (including phenoxy) is 1. The summed E-state index contributed by atoms with van der Waals surface area (Å²) in [6, 6.07) is 6.08. The number of carbonyl (C=O) groups excluding carboxylic acids is 2. The Labute approximate surface area is 140 Å². The maximum absolute atomic E-state index is 12.0. The van der Waals surface area contributed by atoms with E-state index >= 15 is 0 Å². The summed E-state index contributed by atoms with van der Waals surface area (Å²) in [5, 5.41) is 11.0. The molecule has 10 nitrogen and oxygen atoms in total. The number of aliphatic carboxylic acids is 1. The van der Waals surface area contributed by atoms with E-state index in [0.717, 1.165) is 0 Å². The van der Waals surface area contributed by atoms with Gasteiger partial charge in [-0.15, -0.1) is 0 Å². The van der Waals surface area contributed by atoms with Gasteiger partial charge in [-0.3, -0.25) is 14.4 Å². The number of rotatable bonds is 7. The van der Waals surface area contributed by atoms with Gasteiger partial charge < -0.3 is 19.6 Å². The van der Waals surface area contributed by atoms with Crippen LogP contribution >= 0.6 is 0 Å². The second kappa shape index (κ2) is 7.93. The molecule has 0 aliphatic rings. The third-order valence-corrected chi connectivity index (χ3v) is 2.98. The molecule has 0 saturated heterocycles. The van der Waals surface area contributed by atoms with Gasteiger partial charge in [-0.05, 0) is 18.2 Å². The van der Waals surface area contributed by atoms with Gasteiger partial charge in [0.1, 0.15) is 16.9 Å². The highest BCUT2D eigenvalue weighted by molar-refractivity contribution is 5.98. The number of benzene rings is 1. The summed E-state index contributed by atoms with van der Waals surface area (Å²) in [5.41, 5.74) is 0.924. The molecule has 0 aliphatic heterocycles. The van der Waals surface area contributed by atoms with Crippen LogP contribution in [0.3, 0.4) is 0 Å². The van der Waals surface area contributed by atoms with Gasteiger partial charge in [-0.25, -0.2) is 15.1 Å². The van der Waals surface area contributed by atoms with Crippen molar-refractivity contribution in [2.75, 3.05) is 20.3 Å². The van der Waals surface area contributed by atoms with Crippen LogP contribution in [0, 0.1) is 0 Å². The van der Waals surface area contributed by atoms with Crippen molar-refractivity contribution in [3.63, 3.8) is 0 Å². The van der Waals surface area contributed by atoms with Gasteiger partial charge in [0.25, 0.3) is 11.8 Å². The summed E-state index contributed by atoms with van der Waals surface area (Å²) < 4.78 is 10.1. The van der Waals surface area contributed by atoms with Crippen molar-refractivity contribution in [3.8, 4) is 5.75 Å². The predicted octanol–water partition coefficient (Wildman–Crippen LogP) is -0.336. The molecule has 3 N–H and O–H groups in total. The quantitative estimate of drug-likeness (QED) is 0.454. The van der Waals surface area contributed by atoms with Crippen molar-refractivity contribution < 1.29 is 33.5 Å². The molecule has 2 amide bonds. The van der Waals surface area contributed by atoms with Gasteiger partial charge >= 0.3 is 11.6 Å². The monoisotopic (exact) mass is 350 g/mol. The molecule has 2 aromatic rings. The lowest BCUT2D eigenvalue weighted by Gasteiger charge is -2.06. The summed E-state index contributed by atoms with van der Waals surface area (Å²) >= 11 is 0. The van der Waals surface area contributed by atoms with Crippen LogP contribution in [0.1, 0.15) is 10.4 Å². The molecule has 0 radical (unpaired) electrons. The number of amides is 2. The predicted molar refractivity (Wildman–Crippen MR) is 83.1 cm³/mol. The number of nitrogens with one attached hydrogen (secondary N) is 2. The van der Waals surface area contributed by atoms with Gasteiger partial charge in [-0.2, -0.15) is 0 Å². The third kappa shape index (κ3) is 4.78. The van der Waals surface area contributed by atoms with Gasteiger partial charge in [0.15, 0.2) is 6.61 Å². The largest absolute Gasteiger partial charge is 0.497 e. The van der Waals surface area contributed by atoms with E-state index in [-0.39, 0.29) is 11.1 Å². The van der Waals surface area contributed by atoms with E-state index in [1.807, 2.05) is 5.48 Å². The minimum absolute atomic E-state index is 0.251. The molecule has 1 aromatic heterocycles. The number of fused-ring (bicyclic) bond motifs is 1. The van der Waals surface area contributed by atoms with Crippen LogP contribution < -0.4 is 21.2 Å². The van der Waals surface area contributed by atoms with Crippen molar-refractivity contribution in [1.29, 1.82) is 0 Å². The fourth-order valence-electron chi connectivity index (χ4n) is 1.85. The SMILES string of the molecule is COc1ccc2cc(C(=O)NCC(=O)NOCC(=O)O)c(=O)oc2c1. The molecule has 132 valence electrons. The second-order valence-corrected chi connectivity index (χ2v) is 4.74. The third-order valence-electron chi connectivity index (χ3n) is 2.98. The van der Waals surface area contributed by atoms with Crippen molar-refractivity contribution in [2.24, 2.45) is 0 Å². The van der Waals surface area contributed by atoms with Crippen LogP contribution in [-0.2, 0) is 14.4 Å². The first-order valence-electron chi connectivity index (χ1n) is 6.93. The summed E-state index contributed by atoms with van der Waals surface area (Å²) in [6.07, 6.45) is 0. The topological polar surface area (TPSA) is 144 Å². The summed E-state index contributed by atoms with van der Waals surface area (Å²) in [7, 11) is 1.46. The molecule has 10 heteroatoms. The van der Waals surface area contributed by atoms with E-state index in [1.165, 1.54) is 19.2 Å². The Bertz CT molecular complexity index is 873. The first-order valence-corrected chi connectivity index (χ1v) is 6.93.